The lowest BCUT2D eigenvalue weighted by Gasteiger charge is -2.24. The number of rotatable bonds is 4. The van der Waals surface area contributed by atoms with E-state index in [2.05, 4.69) is 15.5 Å². The molecule has 0 fully saturated rings. The number of anilines is 1. The summed E-state index contributed by atoms with van der Waals surface area (Å²) in [4.78, 5) is 16.7. The molecule has 136 valence electrons. The van der Waals surface area contributed by atoms with Crippen molar-refractivity contribution in [2.45, 2.75) is 56.6 Å². The van der Waals surface area contributed by atoms with Crippen molar-refractivity contribution >= 4 is 21.6 Å². The molecule has 1 N–H and O–H groups in total. The Balaban J connectivity index is 2.35. The highest BCUT2D eigenvalue weighted by molar-refractivity contribution is 7.93. The van der Waals surface area contributed by atoms with Crippen LogP contribution in [0.15, 0.2) is 34.0 Å². The second-order valence-electron chi connectivity index (χ2n) is 7.43. The van der Waals surface area contributed by atoms with Crippen molar-refractivity contribution in [3.8, 4) is 0 Å². The van der Waals surface area contributed by atoms with Gasteiger partial charge < -0.3 is 9.84 Å². The Labute approximate surface area is 147 Å². The molecule has 0 saturated carbocycles. The molecular formula is C17H23N3O4S. The number of hydrogen-bond acceptors (Lipinski definition) is 6. The maximum absolute atomic E-state index is 12.9. The normalized spacial score (nSPS) is 12.9. The second kappa shape index (κ2) is 6.25. The Bertz CT molecular complexity index is 875. The van der Waals surface area contributed by atoms with Gasteiger partial charge in [-0.3, -0.25) is 9.78 Å². The van der Waals surface area contributed by atoms with Crippen LogP contribution in [0.2, 0.25) is 0 Å². The largest absolute Gasteiger partial charge is 0.362 e. The quantitative estimate of drug-likeness (QED) is 0.894. The second-order valence-corrected chi connectivity index (χ2v) is 9.93. The molecule has 0 aliphatic heterocycles. The highest BCUT2D eigenvalue weighted by atomic mass is 32.2. The van der Waals surface area contributed by atoms with Crippen LogP contribution in [0.5, 0.6) is 0 Å². The molecule has 0 aliphatic carbocycles. The van der Waals surface area contributed by atoms with Gasteiger partial charge in [-0.15, -0.1) is 0 Å². The third-order valence-corrected chi connectivity index (χ3v) is 6.41. The number of nitrogens with one attached hydrogen (secondary N) is 1. The van der Waals surface area contributed by atoms with Crippen molar-refractivity contribution in [1.82, 2.24) is 10.1 Å². The van der Waals surface area contributed by atoms with Crippen LogP contribution < -0.4 is 5.32 Å². The predicted octanol–water partition coefficient (Wildman–Crippen LogP) is 2.87. The Morgan fingerprint density at radius 1 is 1.16 bits per heavy atom. The number of sulfone groups is 1. The van der Waals surface area contributed by atoms with E-state index in [0.29, 0.717) is 11.3 Å². The summed E-state index contributed by atoms with van der Waals surface area (Å²) in [6.45, 7) is 10.3. The van der Waals surface area contributed by atoms with Crippen molar-refractivity contribution in [2.75, 3.05) is 5.32 Å². The summed E-state index contributed by atoms with van der Waals surface area (Å²) >= 11 is 0. The van der Waals surface area contributed by atoms with Crippen molar-refractivity contribution < 1.29 is 17.7 Å². The van der Waals surface area contributed by atoms with E-state index in [4.69, 9.17) is 4.52 Å². The van der Waals surface area contributed by atoms with Gasteiger partial charge in [0.05, 0.1) is 4.90 Å². The standard InChI is InChI=1S/C17H23N3O4S/c1-11-7-8-12(9-18-11)25(22,23)17(5,6)15(21)19-14-13(10-24-20-14)16(2,3)4/h7-10H,1-6H3,(H,19,20,21). The minimum atomic E-state index is -3.94. The fraction of sp³-hybridized carbons (Fsp3) is 0.471. The number of aryl methyl sites for hydroxylation is 1. The monoisotopic (exact) mass is 365 g/mol. The molecule has 0 unspecified atom stereocenters. The van der Waals surface area contributed by atoms with Gasteiger partial charge in [-0.25, -0.2) is 8.42 Å². The van der Waals surface area contributed by atoms with Gasteiger partial charge in [-0.05, 0) is 38.3 Å². The van der Waals surface area contributed by atoms with E-state index >= 15 is 0 Å². The summed E-state index contributed by atoms with van der Waals surface area (Å²) in [7, 11) is -3.94. The Morgan fingerprint density at radius 3 is 2.32 bits per heavy atom. The molecule has 25 heavy (non-hydrogen) atoms. The van der Waals surface area contributed by atoms with Crippen LogP contribution in [-0.2, 0) is 20.0 Å². The molecule has 0 spiro atoms. The van der Waals surface area contributed by atoms with Gasteiger partial charge in [0.2, 0.25) is 5.91 Å². The number of carbonyl (C=O) groups excluding carboxylic acids is 1. The average molecular weight is 365 g/mol. The van der Waals surface area contributed by atoms with E-state index in [0.717, 1.165) is 0 Å². The van der Waals surface area contributed by atoms with Crippen LogP contribution in [0.4, 0.5) is 5.82 Å². The van der Waals surface area contributed by atoms with E-state index in [1.165, 1.54) is 32.4 Å². The lowest BCUT2D eigenvalue weighted by atomic mass is 9.89. The zero-order valence-electron chi connectivity index (χ0n) is 15.2. The van der Waals surface area contributed by atoms with Crippen LogP contribution in [0.3, 0.4) is 0 Å². The van der Waals surface area contributed by atoms with Crippen molar-refractivity contribution in [3.05, 3.63) is 35.9 Å². The summed E-state index contributed by atoms with van der Waals surface area (Å²) in [5.41, 5.74) is 1.07. The molecule has 0 aromatic carbocycles. The first kappa shape index (κ1) is 19.1. The molecule has 7 nitrogen and oxygen atoms in total. The third kappa shape index (κ3) is 3.58. The summed E-state index contributed by atoms with van der Waals surface area (Å²) in [5.74, 6) is -0.463. The number of nitrogens with zero attached hydrogens (tertiary/aromatic N) is 2. The Morgan fingerprint density at radius 2 is 1.80 bits per heavy atom. The van der Waals surface area contributed by atoms with Crippen LogP contribution in [0, 0.1) is 6.92 Å². The van der Waals surface area contributed by atoms with Crippen molar-refractivity contribution in [3.63, 3.8) is 0 Å². The zero-order chi connectivity index (χ0) is 19.0. The summed E-state index contributed by atoms with van der Waals surface area (Å²) < 4.78 is 29.0. The highest BCUT2D eigenvalue weighted by Crippen LogP contribution is 2.31. The molecule has 0 bridgehead atoms. The fourth-order valence-corrected chi connectivity index (χ4v) is 3.47. The maximum Gasteiger partial charge on any atom is 0.246 e. The molecule has 0 saturated heterocycles. The predicted molar refractivity (Wildman–Crippen MR) is 94.1 cm³/mol. The Hall–Kier alpha value is -2.22. The first-order valence-electron chi connectivity index (χ1n) is 7.81. The maximum atomic E-state index is 12.9. The first-order chi connectivity index (χ1) is 11.4. The molecule has 2 rings (SSSR count). The van der Waals surface area contributed by atoms with Crippen LogP contribution in [0.1, 0.15) is 45.9 Å². The molecule has 2 heterocycles. The van der Waals surface area contributed by atoms with Gasteiger partial charge in [0.25, 0.3) is 0 Å². The highest BCUT2D eigenvalue weighted by Gasteiger charge is 2.43. The van der Waals surface area contributed by atoms with Gasteiger partial charge in [-0.2, -0.15) is 0 Å². The molecule has 0 radical (unpaired) electrons. The van der Waals surface area contributed by atoms with Crippen LogP contribution >= 0.6 is 0 Å². The van der Waals surface area contributed by atoms with E-state index in [1.54, 1.807) is 13.0 Å². The molecule has 0 atom stereocenters. The summed E-state index contributed by atoms with van der Waals surface area (Å²) in [6.07, 6.45) is 2.71. The van der Waals surface area contributed by atoms with E-state index in [9.17, 15) is 13.2 Å². The number of pyridine rings is 1. The minimum Gasteiger partial charge on any atom is -0.362 e. The van der Waals surface area contributed by atoms with E-state index < -0.39 is 20.5 Å². The van der Waals surface area contributed by atoms with Gasteiger partial charge >= 0.3 is 0 Å². The molecule has 2 aromatic heterocycles. The molecular weight excluding hydrogens is 342 g/mol. The zero-order valence-corrected chi connectivity index (χ0v) is 16.1. The first-order valence-corrected chi connectivity index (χ1v) is 9.29. The lowest BCUT2D eigenvalue weighted by molar-refractivity contribution is -0.117. The van der Waals surface area contributed by atoms with Crippen molar-refractivity contribution in [1.29, 1.82) is 0 Å². The van der Waals surface area contributed by atoms with Crippen LogP contribution in [-0.4, -0.2) is 29.2 Å². The number of carbonyl (C=O) groups is 1. The molecule has 1 amide bonds. The summed E-state index contributed by atoms with van der Waals surface area (Å²) in [5, 5.41) is 6.37. The third-order valence-electron chi connectivity index (χ3n) is 4.02. The van der Waals surface area contributed by atoms with Gasteiger partial charge in [0, 0.05) is 17.5 Å². The van der Waals surface area contributed by atoms with Crippen LogP contribution in [0.25, 0.3) is 0 Å². The number of amides is 1. The lowest BCUT2D eigenvalue weighted by Crippen LogP contribution is -2.44. The SMILES string of the molecule is Cc1ccc(S(=O)(=O)C(C)(C)C(=O)Nc2nocc2C(C)(C)C)cn1. The summed E-state index contributed by atoms with van der Waals surface area (Å²) in [6, 6.07) is 3.04. The van der Waals surface area contributed by atoms with Crippen molar-refractivity contribution in [2.24, 2.45) is 0 Å². The molecule has 8 heteroatoms. The van der Waals surface area contributed by atoms with Gasteiger partial charge in [-0.1, -0.05) is 25.9 Å². The van der Waals surface area contributed by atoms with E-state index in [1.807, 2.05) is 20.8 Å². The minimum absolute atomic E-state index is 0.00514. The Kier molecular flexibility index (Phi) is 4.78. The van der Waals surface area contributed by atoms with Gasteiger partial charge in [0.1, 0.15) is 11.0 Å². The number of hydrogen-bond donors (Lipinski definition) is 1. The fourth-order valence-electron chi connectivity index (χ4n) is 2.15. The van der Waals surface area contributed by atoms with E-state index in [-0.39, 0.29) is 16.1 Å². The topological polar surface area (TPSA) is 102 Å². The molecule has 2 aromatic rings. The number of aromatic nitrogens is 2. The molecule has 0 aliphatic rings. The average Bonchev–Trinajstić information content (AvgIpc) is 2.95. The smallest absolute Gasteiger partial charge is 0.246 e. The van der Waals surface area contributed by atoms with Gasteiger partial charge in [0.15, 0.2) is 15.7 Å².